The predicted octanol–water partition coefficient (Wildman–Crippen LogP) is 4.04. The van der Waals surface area contributed by atoms with Crippen LogP contribution >= 0.6 is 11.6 Å². The SMILES string of the molecule is CC(=O)[C@@]1(O)CC[C@H]2[C@@H]3C=C(Cl)C4=CC(=O)[C@@H]5CC5[C@]4(C)[C@H]3CC[C@@]21C. The second-order valence-electron chi connectivity index (χ2n) is 9.91. The molecule has 1 unspecified atom stereocenters. The zero-order chi connectivity index (χ0) is 18.6. The summed E-state index contributed by atoms with van der Waals surface area (Å²) in [5.41, 5.74) is -0.566. The number of carbonyl (C=O) groups excluding carboxylic acids is 2. The number of carbonyl (C=O) groups is 2. The van der Waals surface area contributed by atoms with Gasteiger partial charge in [0.25, 0.3) is 0 Å². The van der Waals surface area contributed by atoms with E-state index in [4.69, 9.17) is 11.6 Å². The molecule has 140 valence electrons. The van der Waals surface area contributed by atoms with Crippen molar-refractivity contribution in [3.05, 3.63) is 22.8 Å². The van der Waals surface area contributed by atoms with E-state index in [2.05, 4.69) is 19.9 Å². The van der Waals surface area contributed by atoms with Crippen LogP contribution in [-0.4, -0.2) is 22.3 Å². The average Bonchev–Trinajstić information content (AvgIpc) is 3.33. The van der Waals surface area contributed by atoms with Gasteiger partial charge in [-0.2, -0.15) is 0 Å². The maximum absolute atomic E-state index is 12.3. The van der Waals surface area contributed by atoms with Gasteiger partial charge in [0.1, 0.15) is 5.60 Å². The van der Waals surface area contributed by atoms with E-state index in [1.807, 2.05) is 6.08 Å². The van der Waals surface area contributed by atoms with Crippen molar-refractivity contribution >= 4 is 23.2 Å². The first kappa shape index (κ1) is 17.2. The molecule has 5 aliphatic carbocycles. The Labute approximate surface area is 159 Å². The fourth-order valence-electron chi connectivity index (χ4n) is 7.56. The highest BCUT2D eigenvalue weighted by atomic mass is 35.5. The van der Waals surface area contributed by atoms with E-state index in [-0.39, 0.29) is 40.2 Å². The molecule has 0 saturated heterocycles. The lowest BCUT2D eigenvalue weighted by atomic mass is 9.47. The van der Waals surface area contributed by atoms with Gasteiger partial charge >= 0.3 is 0 Å². The highest BCUT2D eigenvalue weighted by molar-refractivity contribution is 6.32. The zero-order valence-corrected chi connectivity index (χ0v) is 16.5. The Morgan fingerprint density at radius 3 is 2.58 bits per heavy atom. The van der Waals surface area contributed by atoms with Crippen molar-refractivity contribution in [3.63, 3.8) is 0 Å². The summed E-state index contributed by atoms with van der Waals surface area (Å²) < 4.78 is 0. The summed E-state index contributed by atoms with van der Waals surface area (Å²) in [6, 6.07) is 0. The van der Waals surface area contributed by atoms with Crippen molar-refractivity contribution in [2.24, 2.45) is 40.4 Å². The molecule has 26 heavy (non-hydrogen) atoms. The number of halogens is 1. The van der Waals surface area contributed by atoms with E-state index in [1.54, 1.807) is 0 Å². The number of Topliss-reactive ketones (excluding diaryl/α,β-unsaturated/α-hetero) is 1. The monoisotopic (exact) mass is 374 g/mol. The van der Waals surface area contributed by atoms with Crippen LogP contribution in [0.25, 0.3) is 0 Å². The second-order valence-corrected chi connectivity index (χ2v) is 10.3. The topological polar surface area (TPSA) is 54.4 Å². The van der Waals surface area contributed by atoms with Crippen molar-refractivity contribution in [3.8, 4) is 0 Å². The van der Waals surface area contributed by atoms with Crippen LogP contribution in [0.15, 0.2) is 22.8 Å². The molecule has 0 heterocycles. The minimum absolute atomic E-state index is 0.0344. The molecule has 0 bridgehead atoms. The molecule has 0 radical (unpaired) electrons. The molecule has 0 aromatic carbocycles. The van der Waals surface area contributed by atoms with Gasteiger partial charge in [-0.3, -0.25) is 9.59 Å². The zero-order valence-electron chi connectivity index (χ0n) is 15.7. The van der Waals surface area contributed by atoms with E-state index >= 15 is 0 Å². The highest BCUT2D eigenvalue weighted by Crippen LogP contribution is 2.72. The molecule has 4 heteroatoms. The lowest BCUT2D eigenvalue weighted by molar-refractivity contribution is -0.157. The maximum atomic E-state index is 12.3. The molecule has 5 aliphatic rings. The molecule has 0 amide bonds. The van der Waals surface area contributed by atoms with Crippen LogP contribution in [0.2, 0.25) is 0 Å². The number of allylic oxidation sites excluding steroid dienone is 4. The van der Waals surface area contributed by atoms with Crippen LogP contribution in [0.5, 0.6) is 0 Å². The quantitative estimate of drug-likeness (QED) is 0.753. The van der Waals surface area contributed by atoms with Gasteiger partial charge in [-0.25, -0.2) is 0 Å². The molecule has 3 saturated carbocycles. The van der Waals surface area contributed by atoms with E-state index in [1.165, 1.54) is 6.92 Å². The van der Waals surface area contributed by atoms with E-state index in [0.717, 1.165) is 36.3 Å². The Kier molecular flexibility index (Phi) is 3.25. The van der Waals surface area contributed by atoms with Crippen LogP contribution in [0.3, 0.4) is 0 Å². The summed E-state index contributed by atoms with van der Waals surface area (Å²) in [7, 11) is 0. The summed E-state index contributed by atoms with van der Waals surface area (Å²) >= 11 is 6.73. The van der Waals surface area contributed by atoms with Crippen LogP contribution in [0.1, 0.15) is 52.9 Å². The van der Waals surface area contributed by atoms with Gasteiger partial charge in [0.15, 0.2) is 11.6 Å². The Bertz CT molecular complexity index is 797. The standard InChI is InChI=1S/C22H27ClO3/c1-11(24)22(26)7-5-14-12-9-18(23)17-10-19(25)13-8-16(13)21(17,3)15(12)4-6-20(14,22)2/h9-10,12-16,26H,4-8H2,1-3H3/t12-,13+,14-,15-,16?,20-,21-,22-/m0/s1. The van der Waals surface area contributed by atoms with E-state index < -0.39 is 5.60 Å². The third kappa shape index (κ3) is 1.75. The lowest BCUT2D eigenvalue weighted by Crippen LogP contribution is -2.56. The van der Waals surface area contributed by atoms with Gasteiger partial charge in [-0.15, -0.1) is 0 Å². The fraction of sp³-hybridized carbons (Fsp3) is 0.727. The number of ketones is 2. The van der Waals surface area contributed by atoms with Gasteiger partial charge in [0.2, 0.25) is 0 Å². The molecule has 0 aromatic rings. The molecule has 0 aliphatic heterocycles. The van der Waals surface area contributed by atoms with Crippen molar-refractivity contribution < 1.29 is 14.7 Å². The summed E-state index contributed by atoms with van der Waals surface area (Å²) in [5.74, 6) is 1.78. The number of hydrogen-bond donors (Lipinski definition) is 1. The first-order valence-corrected chi connectivity index (χ1v) is 10.4. The highest BCUT2D eigenvalue weighted by Gasteiger charge is 2.69. The van der Waals surface area contributed by atoms with Crippen molar-refractivity contribution in [1.82, 2.24) is 0 Å². The Hall–Kier alpha value is -0.930. The van der Waals surface area contributed by atoms with Gasteiger partial charge in [-0.05, 0) is 74.3 Å². The molecular formula is C22H27ClO3. The summed E-state index contributed by atoms with van der Waals surface area (Å²) in [6.07, 6.45) is 8.25. The smallest absolute Gasteiger partial charge is 0.161 e. The predicted molar refractivity (Wildman–Crippen MR) is 99.4 cm³/mol. The summed E-state index contributed by atoms with van der Waals surface area (Å²) in [4.78, 5) is 24.6. The number of aliphatic hydroxyl groups is 1. The van der Waals surface area contributed by atoms with Crippen LogP contribution in [0, 0.1) is 40.4 Å². The minimum atomic E-state index is -1.20. The van der Waals surface area contributed by atoms with E-state index in [0.29, 0.717) is 18.3 Å². The molecule has 0 spiro atoms. The summed E-state index contributed by atoms with van der Waals surface area (Å²) in [5, 5.41) is 11.9. The first-order valence-electron chi connectivity index (χ1n) is 10.0. The minimum Gasteiger partial charge on any atom is -0.382 e. The fourth-order valence-corrected chi connectivity index (χ4v) is 7.96. The van der Waals surface area contributed by atoms with Crippen molar-refractivity contribution in [2.75, 3.05) is 0 Å². The third-order valence-corrected chi connectivity index (χ3v) is 9.56. The van der Waals surface area contributed by atoms with Crippen LogP contribution < -0.4 is 0 Å². The number of hydrogen-bond acceptors (Lipinski definition) is 3. The molecule has 0 aromatic heterocycles. The van der Waals surface area contributed by atoms with Gasteiger partial charge in [0.05, 0.1) is 0 Å². The molecule has 8 atom stereocenters. The molecular weight excluding hydrogens is 348 g/mol. The number of fused-ring (bicyclic) bond motifs is 7. The van der Waals surface area contributed by atoms with Crippen LogP contribution in [0.4, 0.5) is 0 Å². The Balaban J connectivity index is 1.62. The second kappa shape index (κ2) is 4.91. The Morgan fingerprint density at radius 1 is 1.19 bits per heavy atom. The normalized spacial score (nSPS) is 54.3. The summed E-state index contributed by atoms with van der Waals surface area (Å²) in [6.45, 7) is 5.97. The molecule has 3 fully saturated rings. The van der Waals surface area contributed by atoms with E-state index in [9.17, 15) is 14.7 Å². The molecule has 3 nitrogen and oxygen atoms in total. The van der Waals surface area contributed by atoms with Gasteiger partial charge < -0.3 is 5.11 Å². The Morgan fingerprint density at radius 2 is 1.88 bits per heavy atom. The number of rotatable bonds is 1. The third-order valence-electron chi connectivity index (χ3n) is 9.23. The van der Waals surface area contributed by atoms with Crippen molar-refractivity contribution in [2.45, 2.75) is 58.5 Å². The van der Waals surface area contributed by atoms with Gasteiger partial charge in [-0.1, -0.05) is 31.5 Å². The van der Waals surface area contributed by atoms with Gasteiger partial charge in [0, 0.05) is 21.8 Å². The first-order chi connectivity index (χ1) is 12.1. The largest absolute Gasteiger partial charge is 0.382 e. The molecule has 1 N–H and O–H groups in total. The lowest BCUT2D eigenvalue weighted by Gasteiger charge is -2.57. The molecule has 5 rings (SSSR count). The van der Waals surface area contributed by atoms with Crippen molar-refractivity contribution in [1.29, 1.82) is 0 Å². The maximum Gasteiger partial charge on any atom is 0.161 e. The average molecular weight is 375 g/mol. The van der Waals surface area contributed by atoms with Crippen LogP contribution in [-0.2, 0) is 9.59 Å².